The van der Waals surface area contributed by atoms with Crippen molar-refractivity contribution in [2.75, 3.05) is 13.2 Å². The molecule has 1 aliphatic rings. The predicted octanol–water partition coefficient (Wildman–Crippen LogP) is 0.826. The number of hydrogen-bond acceptors (Lipinski definition) is 7. The minimum atomic E-state index is -0.581. The zero-order valence-corrected chi connectivity index (χ0v) is 12.6. The second-order valence-electron chi connectivity index (χ2n) is 5.09. The van der Waals surface area contributed by atoms with E-state index in [1.54, 1.807) is 37.1 Å². The van der Waals surface area contributed by atoms with Gasteiger partial charge in [0.1, 0.15) is 18.9 Å². The maximum Gasteiger partial charge on any atom is 0.357 e. The van der Waals surface area contributed by atoms with Crippen molar-refractivity contribution < 1.29 is 19.1 Å². The lowest BCUT2D eigenvalue weighted by Crippen LogP contribution is -2.13. The maximum absolute atomic E-state index is 12.2. The fourth-order valence-electron chi connectivity index (χ4n) is 2.03. The van der Waals surface area contributed by atoms with Gasteiger partial charge >= 0.3 is 11.9 Å². The van der Waals surface area contributed by atoms with Crippen LogP contribution in [-0.2, 0) is 21.3 Å². The Morgan fingerprint density at radius 3 is 2.96 bits per heavy atom. The predicted molar refractivity (Wildman–Crippen MR) is 78.3 cm³/mol. The van der Waals surface area contributed by atoms with Crippen molar-refractivity contribution in [1.82, 2.24) is 19.7 Å². The zero-order chi connectivity index (χ0) is 16.4. The summed E-state index contributed by atoms with van der Waals surface area (Å²) in [4.78, 5) is 31.6. The van der Waals surface area contributed by atoms with E-state index in [4.69, 9.17) is 9.47 Å². The highest BCUT2D eigenvalue weighted by Gasteiger charge is 2.19. The molecule has 0 unspecified atom stereocenters. The van der Waals surface area contributed by atoms with Crippen LogP contribution in [0.4, 0.5) is 0 Å². The topological polar surface area (TPSA) is 96.2 Å². The summed E-state index contributed by atoms with van der Waals surface area (Å²) in [7, 11) is 1.78. The summed E-state index contributed by atoms with van der Waals surface area (Å²) < 4.78 is 11.6. The van der Waals surface area contributed by atoms with E-state index in [-0.39, 0.29) is 18.9 Å². The molecule has 0 radical (unpaired) electrons. The third-order valence-electron chi connectivity index (χ3n) is 3.22. The Morgan fingerprint density at radius 1 is 1.48 bits per heavy atom. The zero-order valence-electron chi connectivity index (χ0n) is 12.6. The minimum Gasteiger partial charge on any atom is -0.458 e. The van der Waals surface area contributed by atoms with E-state index in [9.17, 15) is 9.59 Å². The van der Waals surface area contributed by atoms with Gasteiger partial charge in [0.15, 0.2) is 11.5 Å². The summed E-state index contributed by atoms with van der Waals surface area (Å²) in [5.41, 5.74) is 1.95. The highest BCUT2D eigenvalue weighted by Crippen LogP contribution is 2.15. The lowest BCUT2D eigenvalue weighted by Gasteiger charge is -2.07. The van der Waals surface area contributed by atoms with Crippen molar-refractivity contribution in [2.24, 2.45) is 7.05 Å². The van der Waals surface area contributed by atoms with Gasteiger partial charge in [-0.15, -0.1) is 0 Å². The molecule has 0 spiro atoms. The van der Waals surface area contributed by atoms with Gasteiger partial charge in [0, 0.05) is 36.7 Å². The second kappa shape index (κ2) is 5.99. The molecular weight excluding hydrogens is 300 g/mol. The molecule has 23 heavy (non-hydrogen) atoms. The van der Waals surface area contributed by atoms with Crippen LogP contribution in [0.25, 0.3) is 11.5 Å². The van der Waals surface area contributed by atoms with Crippen LogP contribution < -0.4 is 0 Å². The molecule has 3 rings (SSSR count). The van der Waals surface area contributed by atoms with Gasteiger partial charge in [-0.3, -0.25) is 4.68 Å². The monoisotopic (exact) mass is 314 g/mol. The Labute approximate surface area is 131 Å². The number of aryl methyl sites for hydroxylation is 2. The molecule has 0 atom stereocenters. The first-order valence-corrected chi connectivity index (χ1v) is 6.90. The smallest absolute Gasteiger partial charge is 0.357 e. The number of ether oxygens (including phenoxy) is 2. The number of cyclic esters (lactones) is 1. The summed E-state index contributed by atoms with van der Waals surface area (Å²) in [5, 5.41) is 4.20. The summed E-state index contributed by atoms with van der Waals surface area (Å²) in [6, 6.07) is 1.76. The van der Waals surface area contributed by atoms with Crippen LogP contribution in [0.5, 0.6) is 0 Å². The molecule has 118 valence electrons. The van der Waals surface area contributed by atoms with Crippen LogP contribution in [0.3, 0.4) is 0 Å². The molecule has 1 aliphatic heterocycles. The number of aromatic nitrogens is 4. The molecule has 0 saturated heterocycles. The van der Waals surface area contributed by atoms with Gasteiger partial charge in [-0.1, -0.05) is 0 Å². The van der Waals surface area contributed by atoms with Crippen LogP contribution >= 0.6 is 0 Å². The first kappa shape index (κ1) is 14.9. The van der Waals surface area contributed by atoms with Crippen LogP contribution in [0.2, 0.25) is 0 Å². The highest BCUT2D eigenvalue weighted by atomic mass is 16.5. The molecule has 0 saturated carbocycles. The lowest BCUT2D eigenvalue weighted by atomic mass is 10.2. The summed E-state index contributed by atoms with van der Waals surface area (Å²) in [6.45, 7) is 1.86. The number of carbonyl (C=O) groups excluding carboxylic acids is 2. The highest BCUT2D eigenvalue weighted by molar-refractivity contribution is 5.89. The number of rotatable bonds is 4. The molecule has 3 heterocycles. The van der Waals surface area contributed by atoms with Crippen LogP contribution in [0.15, 0.2) is 30.1 Å². The maximum atomic E-state index is 12.2. The normalized spacial score (nSPS) is 13.7. The van der Waals surface area contributed by atoms with Crippen LogP contribution in [0, 0.1) is 6.92 Å². The van der Waals surface area contributed by atoms with Crippen LogP contribution in [0.1, 0.15) is 16.1 Å². The summed E-state index contributed by atoms with van der Waals surface area (Å²) in [5.74, 6) is -0.657. The van der Waals surface area contributed by atoms with Crippen molar-refractivity contribution >= 4 is 11.9 Å². The van der Waals surface area contributed by atoms with Crippen LogP contribution in [-0.4, -0.2) is 44.9 Å². The molecule has 0 fully saturated rings. The van der Waals surface area contributed by atoms with Gasteiger partial charge in [-0.05, 0) is 13.0 Å². The fourth-order valence-corrected chi connectivity index (χ4v) is 2.03. The van der Waals surface area contributed by atoms with Crippen molar-refractivity contribution in [3.8, 4) is 11.5 Å². The van der Waals surface area contributed by atoms with E-state index < -0.39 is 11.9 Å². The van der Waals surface area contributed by atoms with Gasteiger partial charge in [-0.25, -0.2) is 19.6 Å². The van der Waals surface area contributed by atoms with Gasteiger partial charge in [0.05, 0.1) is 0 Å². The van der Waals surface area contributed by atoms with E-state index in [2.05, 4.69) is 15.1 Å². The number of nitrogens with zero attached hydrogens (tertiary/aromatic N) is 4. The van der Waals surface area contributed by atoms with Gasteiger partial charge in [0.25, 0.3) is 0 Å². The van der Waals surface area contributed by atoms with Gasteiger partial charge in [0.2, 0.25) is 0 Å². The third kappa shape index (κ3) is 3.25. The van der Waals surface area contributed by atoms with Crippen molar-refractivity contribution in [1.29, 1.82) is 0 Å². The van der Waals surface area contributed by atoms with Crippen molar-refractivity contribution in [3.63, 3.8) is 0 Å². The third-order valence-corrected chi connectivity index (χ3v) is 3.22. The fraction of sp³-hybridized carbons (Fsp3) is 0.267. The van der Waals surface area contributed by atoms with Crippen molar-refractivity contribution in [3.05, 3.63) is 41.4 Å². The number of esters is 2. The Morgan fingerprint density at radius 2 is 2.30 bits per heavy atom. The second-order valence-corrected chi connectivity index (χ2v) is 5.09. The summed E-state index contributed by atoms with van der Waals surface area (Å²) >= 11 is 0. The first-order valence-electron chi connectivity index (χ1n) is 6.90. The summed E-state index contributed by atoms with van der Waals surface area (Å²) in [6.07, 6.45) is 4.63. The Bertz CT molecular complexity index is 810. The molecule has 2 aromatic heterocycles. The molecule has 0 N–H and O–H groups in total. The molecule has 8 nitrogen and oxygen atoms in total. The molecule has 8 heteroatoms. The number of carbonyl (C=O) groups is 2. The molecule has 0 aromatic carbocycles. The van der Waals surface area contributed by atoms with Gasteiger partial charge < -0.3 is 9.47 Å². The van der Waals surface area contributed by atoms with Crippen molar-refractivity contribution in [2.45, 2.75) is 6.92 Å². The van der Waals surface area contributed by atoms with Gasteiger partial charge in [-0.2, -0.15) is 5.10 Å². The molecular formula is C15H14N4O4. The standard InChI is InChI=1S/C15H14N4O4/c1-9-6-16-14(11-3-4-19(2)18-11)17-13(9)15(21)23-8-10-5-12(20)22-7-10/h3-6H,7-8H2,1-2H3. The lowest BCUT2D eigenvalue weighted by molar-refractivity contribution is -0.134. The molecule has 0 amide bonds. The van der Waals surface area contributed by atoms with E-state index in [0.29, 0.717) is 22.7 Å². The van der Waals surface area contributed by atoms with E-state index in [1.165, 1.54) is 6.08 Å². The molecule has 0 aliphatic carbocycles. The Kier molecular flexibility index (Phi) is 3.88. The average Bonchev–Trinajstić information content (AvgIpc) is 3.14. The SMILES string of the molecule is Cc1cnc(-c2ccn(C)n2)nc1C(=O)OCC1=CC(=O)OC1. The first-order chi connectivity index (χ1) is 11.0. The molecule has 0 bridgehead atoms. The quantitative estimate of drug-likeness (QED) is 0.771. The molecule has 2 aromatic rings. The number of hydrogen-bond donors (Lipinski definition) is 0. The largest absolute Gasteiger partial charge is 0.458 e. The van der Waals surface area contributed by atoms with E-state index >= 15 is 0 Å². The Hall–Kier alpha value is -3.03. The van der Waals surface area contributed by atoms with E-state index in [0.717, 1.165) is 0 Å². The Balaban J connectivity index is 1.77. The minimum absolute atomic E-state index is 0.00701. The van der Waals surface area contributed by atoms with E-state index in [1.807, 2.05) is 0 Å². The average molecular weight is 314 g/mol.